The maximum absolute atomic E-state index is 11.4. The predicted octanol–water partition coefficient (Wildman–Crippen LogP) is 6.42. The minimum Gasteiger partial charge on any atom is -0.496 e. The molecule has 0 bridgehead atoms. The van der Waals surface area contributed by atoms with Gasteiger partial charge in [-0.2, -0.15) is 0 Å². The number of ether oxygens (including phenoxy) is 3. The average Bonchev–Trinajstić information content (AvgIpc) is 3.42. The van der Waals surface area contributed by atoms with Gasteiger partial charge in [-0.1, -0.05) is 84.9 Å². The Labute approximate surface area is 225 Å². The number of hydrogen-bond acceptors (Lipinski definition) is 4. The summed E-state index contributed by atoms with van der Waals surface area (Å²) in [5.41, 5.74) is 6.84. The van der Waals surface area contributed by atoms with E-state index in [0.29, 0.717) is 13.2 Å². The van der Waals surface area contributed by atoms with Crippen LogP contribution in [-0.4, -0.2) is 32.5 Å². The number of methoxy groups -OCH3 is 2. The molecule has 1 aliphatic heterocycles. The van der Waals surface area contributed by atoms with Gasteiger partial charge in [0.2, 0.25) is 0 Å². The highest BCUT2D eigenvalue weighted by molar-refractivity contribution is 5.43. The van der Waals surface area contributed by atoms with Crippen molar-refractivity contribution in [2.45, 2.75) is 25.4 Å². The molecule has 38 heavy (non-hydrogen) atoms. The topological polar surface area (TPSA) is 47.9 Å². The summed E-state index contributed by atoms with van der Waals surface area (Å²) in [7, 11) is 3.42. The van der Waals surface area contributed by atoms with Crippen LogP contribution >= 0.6 is 0 Å². The molecule has 4 nitrogen and oxygen atoms in total. The Hall–Kier alpha value is -3.60. The first-order valence-electron chi connectivity index (χ1n) is 13.3. The molecule has 0 aromatic heterocycles. The van der Waals surface area contributed by atoms with E-state index in [9.17, 15) is 5.11 Å². The Bertz CT molecular complexity index is 1320. The molecule has 4 heteroatoms. The van der Waals surface area contributed by atoms with E-state index in [0.717, 1.165) is 41.9 Å². The molecule has 1 aliphatic rings. The molecule has 1 fully saturated rings. The molecular weight excluding hydrogens is 472 g/mol. The third-order valence-electron chi connectivity index (χ3n) is 7.63. The normalized spacial score (nSPS) is 17.8. The van der Waals surface area contributed by atoms with E-state index in [-0.39, 0.29) is 11.8 Å². The van der Waals surface area contributed by atoms with Crippen molar-refractivity contribution in [1.82, 2.24) is 0 Å². The fraction of sp³-hybridized carbons (Fsp3) is 0.294. The minimum absolute atomic E-state index is 0.00895. The van der Waals surface area contributed by atoms with Crippen molar-refractivity contribution in [2.75, 3.05) is 27.4 Å². The number of benzene rings is 4. The Kier molecular flexibility index (Phi) is 8.42. The van der Waals surface area contributed by atoms with Gasteiger partial charge in [-0.3, -0.25) is 0 Å². The quantitative estimate of drug-likeness (QED) is 0.268. The lowest BCUT2D eigenvalue weighted by Gasteiger charge is -2.24. The molecule has 0 saturated carbocycles. The molecule has 0 aliphatic carbocycles. The van der Waals surface area contributed by atoms with Crippen LogP contribution in [0.5, 0.6) is 11.5 Å². The van der Waals surface area contributed by atoms with Gasteiger partial charge in [0.15, 0.2) is 0 Å². The summed E-state index contributed by atoms with van der Waals surface area (Å²) >= 11 is 0. The van der Waals surface area contributed by atoms with E-state index in [1.807, 2.05) is 36.4 Å². The van der Waals surface area contributed by atoms with Gasteiger partial charge >= 0.3 is 0 Å². The second-order valence-electron chi connectivity index (χ2n) is 10.2. The Morgan fingerprint density at radius 3 is 1.89 bits per heavy atom. The molecule has 1 N–H and O–H groups in total. The second kappa shape index (κ2) is 12.3. The molecule has 0 spiro atoms. The first-order valence-corrected chi connectivity index (χ1v) is 13.3. The van der Waals surface area contributed by atoms with Crippen molar-refractivity contribution >= 4 is 0 Å². The van der Waals surface area contributed by atoms with Gasteiger partial charge in [0.05, 0.1) is 33.5 Å². The highest BCUT2D eigenvalue weighted by Crippen LogP contribution is 2.37. The van der Waals surface area contributed by atoms with E-state index < -0.39 is 6.10 Å². The summed E-state index contributed by atoms with van der Waals surface area (Å²) in [6.07, 6.45) is 1.83. The Morgan fingerprint density at radius 1 is 0.711 bits per heavy atom. The van der Waals surface area contributed by atoms with Crippen LogP contribution in [0.1, 0.15) is 39.5 Å². The summed E-state index contributed by atoms with van der Waals surface area (Å²) in [6.45, 7) is 1.18. The number of aliphatic hydroxyl groups is 1. The van der Waals surface area contributed by atoms with Crippen LogP contribution in [0.3, 0.4) is 0 Å². The van der Waals surface area contributed by atoms with Crippen LogP contribution in [0.4, 0.5) is 0 Å². The van der Waals surface area contributed by atoms with E-state index >= 15 is 0 Å². The summed E-state index contributed by atoms with van der Waals surface area (Å²) in [5, 5.41) is 11.4. The zero-order chi connectivity index (χ0) is 26.3. The number of rotatable bonds is 10. The molecular formula is C34H36O4. The summed E-state index contributed by atoms with van der Waals surface area (Å²) < 4.78 is 17.3. The first-order chi connectivity index (χ1) is 18.6. The highest BCUT2D eigenvalue weighted by atomic mass is 16.5. The molecule has 0 radical (unpaired) electrons. The van der Waals surface area contributed by atoms with E-state index in [1.165, 1.54) is 22.3 Å². The van der Waals surface area contributed by atoms with Crippen LogP contribution in [0.2, 0.25) is 0 Å². The lowest BCUT2D eigenvalue weighted by Crippen LogP contribution is -2.22. The highest BCUT2D eigenvalue weighted by Gasteiger charge is 2.35. The van der Waals surface area contributed by atoms with Gasteiger partial charge in [-0.25, -0.2) is 0 Å². The lowest BCUT2D eigenvalue weighted by molar-refractivity contribution is 0.0809. The number of hydrogen-bond donors (Lipinski definition) is 1. The molecule has 1 heterocycles. The van der Waals surface area contributed by atoms with E-state index in [4.69, 9.17) is 14.2 Å². The molecule has 0 amide bonds. The summed E-state index contributed by atoms with van der Waals surface area (Å²) in [6, 6.07) is 33.4. The van der Waals surface area contributed by atoms with E-state index in [1.54, 1.807) is 14.2 Å². The number of aliphatic hydroxyl groups excluding tert-OH is 1. The van der Waals surface area contributed by atoms with Gasteiger partial charge in [0.1, 0.15) is 11.5 Å². The van der Waals surface area contributed by atoms with Gasteiger partial charge in [-0.15, -0.1) is 0 Å². The van der Waals surface area contributed by atoms with Crippen molar-refractivity contribution < 1.29 is 19.3 Å². The van der Waals surface area contributed by atoms with E-state index in [2.05, 4.69) is 60.7 Å². The molecule has 1 saturated heterocycles. The molecule has 3 atom stereocenters. The third-order valence-corrected chi connectivity index (χ3v) is 7.63. The Balaban J connectivity index is 1.29. The first kappa shape index (κ1) is 26.0. The lowest BCUT2D eigenvalue weighted by atomic mass is 9.83. The standard InChI is InChI=1S/C34H36O4/c1-36-32-20-26(13-14-27(32)17-24-9-5-3-6-10-24)19-30-22-38-23-31(30)34(35)29-16-15-28(33(21-29)37-2)18-25-11-7-4-8-12-25/h3-16,20-21,30-31,34-35H,17-19,22-23H2,1-2H3/t30-,31-,34+/m0/s1. The van der Waals surface area contributed by atoms with Gasteiger partial charge in [-0.05, 0) is 57.9 Å². The SMILES string of the molecule is COc1cc(C[C@H]2COC[C@@H]2[C@H](O)c2ccc(Cc3ccccc3)c(OC)c2)ccc1Cc1ccccc1. The van der Waals surface area contributed by atoms with Crippen LogP contribution in [0, 0.1) is 11.8 Å². The second-order valence-corrected chi connectivity index (χ2v) is 10.2. The maximum atomic E-state index is 11.4. The van der Waals surface area contributed by atoms with Gasteiger partial charge in [0.25, 0.3) is 0 Å². The summed E-state index contributed by atoms with van der Waals surface area (Å²) in [4.78, 5) is 0. The largest absolute Gasteiger partial charge is 0.496 e. The minimum atomic E-state index is -0.624. The summed E-state index contributed by atoms with van der Waals surface area (Å²) in [5.74, 6) is 1.93. The molecule has 0 unspecified atom stereocenters. The van der Waals surface area contributed by atoms with Crippen molar-refractivity contribution in [2.24, 2.45) is 11.8 Å². The van der Waals surface area contributed by atoms with Crippen molar-refractivity contribution in [3.05, 3.63) is 130 Å². The van der Waals surface area contributed by atoms with Crippen LogP contribution in [-0.2, 0) is 24.0 Å². The smallest absolute Gasteiger partial charge is 0.122 e. The van der Waals surface area contributed by atoms with Crippen molar-refractivity contribution in [3.63, 3.8) is 0 Å². The predicted molar refractivity (Wildman–Crippen MR) is 151 cm³/mol. The van der Waals surface area contributed by atoms with Crippen LogP contribution < -0.4 is 9.47 Å². The van der Waals surface area contributed by atoms with Gasteiger partial charge in [0, 0.05) is 18.8 Å². The van der Waals surface area contributed by atoms with Crippen molar-refractivity contribution in [1.29, 1.82) is 0 Å². The zero-order valence-corrected chi connectivity index (χ0v) is 22.2. The fourth-order valence-electron chi connectivity index (χ4n) is 5.51. The zero-order valence-electron chi connectivity index (χ0n) is 22.2. The molecule has 5 rings (SSSR count). The van der Waals surface area contributed by atoms with Gasteiger partial charge < -0.3 is 19.3 Å². The average molecular weight is 509 g/mol. The molecule has 4 aromatic carbocycles. The van der Waals surface area contributed by atoms with Crippen LogP contribution in [0.15, 0.2) is 97.1 Å². The fourth-order valence-corrected chi connectivity index (χ4v) is 5.51. The molecule has 196 valence electrons. The van der Waals surface area contributed by atoms with Crippen molar-refractivity contribution in [3.8, 4) is 11.5 Å². The third kappa shape index (κ3) is 6.09. The monoisotopic (exact) mass is 508 g/mol. The molecule has 4 aromatic rings. The Morgan fingerprint density at radius 2 is 1.29 bits per heavy atom. The van der Waals surface area contributed by atoms with Crippen LogP contribution in [0.25, 0.3) is 0 Å². The maximum Gasteiger partial charge on any atom is 0.122 e.